The zero-order valence-electron chi connectivity index (χ0n) is 12.5. The molecule has 22 heavy (non-hydrogen) atoms. The van der Waals surface area contributed by atoms with Crippen LogP contribution in [0.4, 0.5) is 0 Å². The van der Waals surface area contributed by atoms with Gasteiger partial charge in [0.15, 0.2) is 11.5 Å². The topological polar surface area (TPSA) is 47.6 Å². The van der Waals surface area contributed by atoms with Gasteiger partial charge in [-0.05, 0) is 23.6 Å². The number of carbonyl (C=O) groups is 1. The van der Waals surface area contributed by atoms with Crippen molar-refractivity contribution in [3.63, 3.8) is 0 Å². The smallest absolute Gasteiger partial charge is 0.264 e. The summed E-state index contributed by atoms with van der Waals surface area (Å²) in [5, 5.41) is 2.94. The normalized spacial score (nSPS) is 17.6. The van der Waals surface area contributed by atoms with E-state index in [2.05, 4.69) is 24.4 Å². The molecular weight excluding hydrogens is 278 g/mol. The molecule has 0 spiro atoms. The molecule has 4 heteroatoms. The number of hydrogen-bond donors (Lipinski definition) is 1. The predicted molar refractivity (Wildman–Crippen MR) is 84.2 cm³/mol. The Bertz CT molecular complexity index is 642. The van der Waals surface area contributed by atoms with E-state index in [1.807, 2.05) is 36.4 Å². The van der Waals surface area contributed by atoms with Crippen LogP contribution in [0.2, 0.25) is 0 Å². The largest absolute Gasteiger partial charge is 0.485 e. The highest BCUT2D eigenvalue weighted by Gasteiger charge is 2.27. The summed E-state index contributed by atoms with van der Waals surface area (Å²) in [7, 11) is 0. The molecule has 1 N–H and O–H groups in total. The van der Waals surface area contributed by atoms with Gasteiger partial charge < -0.3 is 14.8 Å². The highest BCUT2D eigenvalue weighted by molar-refractivity contribution is 5.81. The maximum atomic E-state index is 12.2. The van der Waals surface area contributed by atoms with Crippen molar-refractivity contribution in [2.45, 2.75) is 18.9 Å². The van der Waals surface area contributed by atoms with E-state index in [0.29, 0.717) is 18.0 Å². The lowest BCUT2D eigenvalue weighted by Crippen LogP contribution is -2.44. The Morgan fingerprint density at radius 3 is 2.59 bits per heavy atom. The number of carbonyl (C=O) groups excluding carboxylic acids is 1. The molecule has 2 aromatic carbocycles. The summed E-state index contributed by atoms with van der Waals surface area (Å²) in [6.45, 7) is 2.90. The lowest BCUT2D eigenvalue weighted by Gasteiger charge is -2.26. The molecule has 0 aromatic heterocycles. The van der Waals surface area contributed by atoms with E-state index in [1.165, 1.54) is 5.56 Å². The molecule has 1 amide bonds. The van der Waals surface area contributed by atoms with Gasteiger partial charge in [-0.2, -0.15) is 0 Å². The Balaban J connectivity index is 1.55. The number of benzene rings is 2. The molecule has 0 saturated heterocycles. The molecule has 0 fully saturated rings. The number of ether oxygens (including phenoxy) is 2. The van der Waals surface area contributed by atoms with Gasteiger partial charge in [-0.3, -0.25) is 4.79 Å². The highest BCUT2D eigenvalue weighted by Crippen LogP contribution is 2.30. The summed E-state index contributed by atoms with van der Waals surface area (Å²) in [6.07, 6.45) is -0.599. The summed E-state index contributed by atoms with van der Waals surface area (Å²) in [5.74, 6) is 1.41. The standard InChI is InChI=1S/C18H19NO3/c1-13(14-7-3-2-4-8-14)11-19-18(20)17-12-21-15-9-5-6-10-16(15)22-17/h2-10,13,17H,11-12H2,1H3,(H,19,20)/t13-,17+/m0/s1. The van der Waals surface area contributed by atoms with Crippen molar-refractivity contribution in [3.8, 4) is 11.5 Å². The van der Waals surface area contributed by atoms with Gasteiger partial charge in [-0.1, -0.05) is 49.4 Å². The van der Waals surface area contributed by atoms with E-state index < -0.39 is 6.10 Å². The van der Waals surface area contributed by atoms with Crippen molar-refractivity contribution in [2.75, 3.05) is 13.2 Å². The van der Waals surface area contributed by atoms with Gasteiger partial charge in [0.1, 0.15) is 6.61 Å². The van der Waals surface area contributed by atoms with Crippen LogP contribution in [0.3, 0.4) is 0 Å². The van der Waals surface area contributed by atoms with Crippen LogP contribution in [0.15, 0.2) is 54.6 Å². The lowest BCUT2D eigenvalue weighted by molar-refractivity contribution is -0.130. The Hall–Kier alpha value is -2.49. The van der Waals surface area contributed by atoms with E-state index >= 15 is 0 Å². The van der Waals surface area contributed by atoms with Gasteiger partial charge in [0, 0.05) is 6.54 Å². The van der Waals surface area contributed by atoms with Crippen LogP contribution in [0.1, 0.15) is 18.4 Å². The third-order valence-electron chi connectivity index (χ3n) is 3.75. The Labute approximate surface area is 130 Å². The van der Waals surface area contributed by atoms with Crippen molar-refractivity contribution in [1.82, 2.24) is 5.32 Å². The summed E-state index contributed by atoms with van der Waals surface area (Å²) >= 11 is 0. The SMILES string of the molecule is C[C@@H](CNC(=O)[C@H]1COc2ccccc2O1)c1ccccc1. The number of para-hydroxylation sites is 2. The molecule has 0 bridgehead atoms. The minimum atomic E-state index is -0.599. The molecule has 3 rings (SSSR count). The summed E-state index contributed by atoms with van der Waals surface area (Å²) < 4.78 is 11.3. The quantitative estimate of drug-likeness (QED) is 0.944. The van der Waals surface area contributed by atoms with Gasteiger partial charge >= 0.3 is 0 Å². The van der Waals surface area contributed by atoms with Crippen LogP contribution in [0, 0.1) is 0 Å². The van der Waals surface area contributed by atoms with Gasteiger partial charge in [-0.15, -0.1) is 0 Å². The zero-order chi connectivity index (χ0) is 15.4. The van der Waals surface area contributed by atoms with Crippen molar-refractivity contribution < 1.29 is 14.3 Å². The second-order valence-electron chi connectivity index (χ2n) is 5.42. The van der Waals surface area contributed by atoms with Crippen LogP contribution >= 0.6 is 0 Å². The van der Waals surface area contributed by atoms with Crippen LogP contribution < -0.4 is 14.8 Å². The first kappa shape index (κ1) is 14.4. The van der Waals surface area contributed by atoms with Crippen LogP contribution in [0.25, 0.3) is 0 Å². The van der Waals surface area contributed by atoms with Crippen molar-refractivity contribution in [1.29, 1.82) is 0 Å². The molecule has 1 aliphatic rings. The van der Waals surface area contributed by atoms with Gasteiger partial charge in [0.05, 0.1) is 0 Å². The summed E-state index contributed by atoms with van der Waals surface area (Å²) in [4.78, 5) is 12.2. The Kier molecular flexibility index (Phi) is 4.28. The number of nitrogens with one attached hydrogen (secondary N) is 1. The molecule has 0 saturated carbocycles. The fourth-order valence-electron chi connectivity index (χ4n) is 2.42. The van der Waals surface area contributed by atoms with Gasteiger partial charge in [0.25, 0.3) is 5.91 Å². The molecule has 114 valence electrons. The first-order valence-corrected chi connectivity index (χ1v) is 7.45. The van der Waals surface area contributed by atoms with Gasteiger partial charge in [-0.25, -0.2) is 0 Å². The second-order valence-corrected chi connectivity index (χ2v) is 5.42. The molecular formula is C18H19NO3. The summed E-state index contributed by atoms with van der Waals surface area (Å²) in [6, 6.07) is 17.5. The van der Waals surface area contributed by atoms with Crippen molar-refractivity contribution in [2.24, 2.45) is 0 Å². The van der Waals surface area contributed by atoms with Gasteiger partial charge in [0.2, 0.25) is 6.10 Å². The lowest BCUT2D eigenvalue weighted by atomic mass is 10.0. The minimum Gasteiger partial charge on any atom is -0.485 e. The van der Waals surface area contributed by atoms with E-state index in [9.17, 15) is 4.79 Å². The Morgan fingerprint density at radius 1 is 1.14 bits per heavy atom. The molecule has 2 atom stereocenters. The second kappa shape index (κ2) is 6.52. The Morgan fingerprint density at radius 2 is 1.82 bits per heavy atom. The number of hydrogen-bond acceptors (Lipinski definition) is 3. The van der Waals surface area contributed by atoms with E-state index in [0.717, 1.165) is 0 Å². The molecule has 0 aliphatic carbocycles. The third-order valence-corrected chi connectivity index (χ3v) is 3.75. The summed E-state index contributed by atoms with van der Waals surface area (Å²) in [5.41, 5.74) is 1.20. The van der Waals surface area contributed by atoms with Crippen LogP contribution in [0.5, 0.6) is 11.5 Å². The molecule has 0 radical (unpaired) electrons. The maximum absolute atomic E-state index is 12.2. The number of amides is 1. The monoisotopic (exact) mass is 297 g/mol. The maximum Gasteiger partial charge on any atom is 0.264 e. The van der Waals surface area contributed by atoms with Crippen molar-refractivity contribution in [3.05, 3.63) is 60.2 Å². The first-order valence-electron chi connectivity index (χ1n) is 7.45. The average Bonchev–Trinajstić information content (AvgIpc) is 2.59. The van der Waals surface area contributed by atoms with E-state index in [-0.39, 0.29) is 18.4 Å². The fourth-order valence-corrected chi connectivity index (χ4v) is 2.42. The van der Waals surface area contributed by atoms with Crippen LogP contribution in [-0.2, 0) is 4.79 Å². The average molecular weight is 297 g/mol. The highest BCUT2D eigenvalue weighted by atomic mass is 16.6. The molecule has 2 aromatic rings. The molecule has 1 aliphatic heterocycles. The number of rotatable bonds is 4. The zero-order valence-corrected chi connectivity index (χ0v) is 12.5. The van der Waals surface area contributed by atoms with Crippen molar-refractivity contribution >= 4 is 5.91 Å². The molecule has 1 heterocycles. The van der Waals surface area contributed by atoms with Crippen LogP contribution in [-0.4, -0.2) is 25.2 Å². The minimum absolute atomic E-state index is 0.141. The third kappa shape index (κ3) is 3.22. The first-order chi connectivity index (χ1) is 10.7. The molecule has 4 nitrogen and oxygen atoms in total. The number of fused-ring (bicyclic) bond motifs is 1. The predicted octanol–water partition coefficient (Wildman–Crippen LogP) is 2.75. The van der Waals surface area contributed by atoms with E-state index in [4.69, 9.17) is 9.47 Å². The molecule has 0 unspecified atom stereocenters. The fraction of sp³-hybridized carbons (Fsp3) is 0.278. The van der Waals surface area contributed by atoms with E-state index in [1.54, 1.807) is 6.07 Å².